The molecule has 6 heteroatoms. The monoisotopic (exact) mass is 387 g/mol. The van der Waals surface area contributed by atoms with Crippen LogP contribution in [0.2, 0.25) is 0 Å². The summed E-state index contributed by atoms with van der Waals surface area (Å²) in [4.78, 5) is 10.1. The number of ether oxygens (including phenoxy) is 1. The molecule has 124 valence electrons. The molecule has 0 radical (unpaired) electrons. The molecule has 1 fully saturated rings. The lowest BCUT2D eigenvalue weighted by Crippen LogP contribution is -2.35. The summed E-state index contributed by atoms with van der Waals surface area (Å²) < 4.78 is 6.36. The summed E-state index contributed by atoms with van der Waals surface area (Å²) in [5.41, 5.74) is 3.42. The molecule has 3 heterocycles. The highest BCUT2D eigenvalue weighted by Crippen LogP contribution is 2.36. The number of H-pyrrole nitrogens is 1. The van der Waals surface area contributed by atoms with E-state index in [4.69, 9.17) is 9.72 Å². The van der Waals surface area contributed by atoms with E-state index in [1.54, 1.807) is 0 Å². The second-order valence-corrected chi connectivity index (χ2v) is 6.86. The number of nitrogens with zero attached hydrogens (tertiary/aromatic N) is 2. The molecule has 0 saturated carbocycles. The van der Waals surface area contributed by atoms with Crippen molar-refractivity contribution in [2.75, 3.05) is 26.3 Å². The van der Waals surface area contributed by atoms with Crippen molar-refractivity contribution in [3.63, 3.8) is 0 Å². The van der Waals surface area contributed by atoms with Crippen LogP contribution in [0.25, 0.3) is 22.2 Å². The molecule has 2 N–H and O–H groups in total. The van der Waals surface area contributed by atoms with Gasteiger partial charge in [0.1, 0.15) is 0 Å². The number of morpholine rings is 1. The first-order valence-corrected chi connectivity index (χ1v) is 8.76. The second kappa shape index (κ2) is 6.55. The van der Waals surface area contributed by atoms with Gasteiger partial charge >= 0.3 is 0 Å². The van der Waals surface area contributed by atoms with E-state index < -0.39 is 0 Å². The normalized spacial score (nSPS) is 15.9. The van der Waals surface area contributed by atoms with E-state index >= 15 is 0 Å². The highest BCUT2D eigenvalue weighted by atomic mass is 79.9. The predicted molar refractivity (Wildman–Crippen MR) is 97.0 cm³/mol. The quantitative estimate of drug-likeness (QED) is 0.721. The number of aromatic nitrogens is 2. The zero-order chi connectivity index (χ0) is 16.5. The molecule has 5 nitrogen and oxygen atoms in total. The van der Waals surface area contributed by atoms with Gasteiger partial charge in [-0.05, 0) is 30.3 Å². The smallest absolute Gasteiger partial charge is 0.199 e. The molecule has 3 aromatic rings. The number of nitrogens with one attached hydrogen (secondary N) is 1. The number of hydrogen-bond donors (Lipinski definition) is 2. The number of halogens is 1. The van der Waals surface area contributed by atoms with Crippen molar-refractivity contribution in [3.05, 3.63) is 46.6 Å². The predicted octanol–water partition coefficient (Wildman–Crippen LogP) is 3.53. The SMILES string of the molecule is Oc1[nH]c2ccc(Br)cc2c1-c1cccc(CN2CCOCC2)n1. The zero-order valence-corrected chi connectivity index (χ0v) is 14.7. The Labute approximate surface area is 148 Å². The minimum atomic E-state index is 0.152. The molecule has 4 rings (SSSR count). The van der Waals surface area contributed by atoms with Crippen molar-refractivity contribution in [3.8, 4) is 17.1 Å². The maximum absolute atomic E-state index is 10.4. The Balaban J connectivity index is 1.70. The van der Waals surface area contributed by atoms with Gasteiger partial charge in [-0.25, -0.2) is 0 Å². The first kappa shape index (κ1) is 15.6. The highest BCUT2D eigenvalue weighted by Gasteiger charge is 2.16. The van der Waals surface area contributed by atoms with Crippen molar-refractivity contribution >= 4 is 26.8 Å². The van der Waals surface area contributed by atoms with Crippen LogP contribution in [0.5, 0.6) is 5.88 Å². The topological polar surface area (TPSA) is 61.4 Å². The van der Waals surface area contributed by atoms with E-state index in [2.05, 4.69) is 25.8 Å². The minimum absolute atomic E-state index is 0.152. The van der Waals surface area contributed by atoms with Crippen molar-refractivity contribution in [1.29, 1.82) is 0 Å². The van der Waals surface area contributed by atoms with Crippen LogP contribution in [0.4, 0.5) is 0 Å². The molecule has 0 atom stereocenters. The lowest BCUT2D eigenvalue weighted by atomic mass is 10.1. The lowest BCUT2D eigenvalue weighted by Gasteiger charge is -2.26. The molecular formula is C18H18BrN3O2. The summed E-state index contributed by atoms with van der Waals surface area (Å²) in [6, 6.07) is 11.9. The van der Waals surface area contributed by atoms with Gasteiger partial charge in [0.05, 0.1) is 30.2 Å². The number of aromatic amines is 1. The van der Waals surface area contributed by atoms with Gasteiger partial charge in [-0.15, -0.1) is 0 Å². The van der Waals surface area contributed by atoms with E-state index in [9.17, 15) is 5.11 Å². The van der Waals surface area contributed by atoms with Crippen molar-refractivity contribution < 1.29 is 9.84 Å². The van der Waals surface area contributed by atoms with E-state index in [0.29, 0.717) is 0 Å². The third-order valence-electron chi connectivity index (χ3n) is 4.29. The lowest BCUT2D eigenvalue weighted by molar-refractivity contribution is 0.0336. The van der Waals surface area contributed by atoms with E-state index in [1.165, 1.54) is 0 Å². The Morgan fingerprint density at radius 3 is 2.88 bits per heavy atom. The fraction of sp³-hybridized carbons (Fsp3) is 0.278. The summed E-state index contributed by atoms with van der Waals surface area (Å²) in [7, 11) is 0. The Bertz CT molecular complexity index is 872. The van der Waals surface area contributed by atoms with Gasteiger partial charge in [0, 0.05) is 35.0 Å². The minimum Gasteiger partial charge on any atom is -0.494 e. The van der Waals surface area contributed by atoms with Gasteiger partial charge < -0.3 is 14.8 Å². The Hall–Kier alpha value is -1.89. The zero-order valence-electron chi connectivity index (χ0n) is 13.1. The van der Waals surface area contributed by atoms with Crippen molar-refractivity contribution in [2.24, 2.45) is 0 Å². The summed E-state index contributed by atoms with van der Waals surface area (Å²) >= 11 is 3.49. The molecule has 1 aliphatic rings. The highest BCUT2D eigenvalue weighted by molar-refractivity contribution is 9.10. The number of hydrogen-bond acceptors (Lipinski definition) is 4. The van der Waals surface area contributed by atoms with Crippen LogP contribution in [0.1, 0.15) is 5.69 Å². The molecule has 0 aliphatic carbocycles. The Kier molecular flexibility index (Phi) is 4.26. The largest absolute Gasteiger partial charge is 0.494 e. The summed E-state index contributed by atoms with van der Waals surface area (Å²) in [5.74, 6) is 0.152. The maximum Gasteiger partial charge on any atom is 0.199 e. The van der Waals surface area contributed by atoms with Crippen molar-refractivity contribution in [1.82, 2.24) is 14.9 Å². The standard InChI is InChI=1S/C18H18BrN3O2/c19-12-4-5-15-14(10-12)17(18(23)21-15)16-3-1-2-13(20-16)11-22-6-8-24-9-7-22/h1-5,10,21,23H,6-9,11H2. The molecule has 0 bridgehead atoms. The summed E-state index contributed by atoms with van der Waals surface area (Å²) in [6.07, 6.45) is 0. The van der Waals surface area contributed by atoms with Crippen molar-refractivity contribution in [2.45, 2.75) is 6.54 Å². The molecule has 0 unspecified atom stereocenters. The van der Waals surface area contributed by atoms with Crippen LogP contribution in [0, 0.1) is 0 Å². The van der Waals surface area contributed by atoms with Gasteiger partial charge in [-0.3, -0.25) is 9.88 Å². The summed E-state index contributed by atoms with van der Waals surface area (Å²) in [6.45, 7) is 4.20. The molecule has 0 spiro atoms. The van der Waals surface area contributed by atoms with Gasteiger partial charge in [-0.1, -0.05) is 22.0 Å². The average Bonchev–Trinajstić information content (AvgIpc) is 2.91. The van der Waals surface area contributed by atoms with E-state index in [1.807, 2.05) is 36.4 Å². The van der Waals surface area contributed by atoms with Gasteiger partial charge in [-0.2, -0.15) is 0 Å². The second-order valence-electron chi connectivity index (χ2n) is 5.94. The molecule has 1 aliphatic heterocycles. The molecule has 0 amide bonds. The molecular weight excluding hydrogens is 370 g/mol. The average molecular weight is 388 g/mol. The van der Waals surface area contributed by atoms with Crippen LogP contribution in [-0.2, 0) is 11.3 Å². The van der Waals surface area contributed by atoms with E-state index in [-0.39, 0.29) is 5.88 Å². The fourth-order valence-corrected chi connectivity index (χ4v) is 3.47. The first-order chi connectivity index (χ1) is 11.7. The number of benzene rings is 1. The number of fused-ring (bicyclic) bond motifs is 1. The summed E-state index contributed by atoms with van der Waals surface area (Å²) in [5, 5.41) is 11.3. The number of pyridine rings is 1. The molecule has 2 aromatic heterocycles. The van der Waals surface area contributed by atoms with Gasteiger partial charge in [0.25, 0.3) is 0 Å². The number of rotatable bonds is 3. The molecule has 1 saturated heterocycles. The van der Waals surface area contributed by atoms with E-state index in [0.717, 1.165) is 65.2 Å². The number of aromatic hydroxyl groups is 1. The van der Waals surface area contributed by atoms with Gasteiger partial charge in [0.2, 0.25) is 0 Å². The fourth-order valence-electron chi connectivity index (χ4n) is 3.10. The van der Waals surface area contributed by atoms with Crippen LogP contribution in [-0.4, -0.2) is 46.3 Å². The van der Waals surface area contributed by atoms with Crippen LogP contribution < -0.4 is 0 Å². The third-order valence-corrected chi connectivity index (χ3v) is 4.79. The maximum atomic E-state index is 10.4. The van der Waals surface area contributed by atoms with Crippen LogP contribution in [0.15, 0.2) is 40.9 Å². The molecule has 24 heavy (non-hydrogen) atoms. The first-order valence-electron chi connectivity index (χ1n) is 7.97. The van der Waals surface area contributed by atoms with Crippen LogP contribution in [0.3, 0.4) is 0 Å². The Morgan fingerprint density at radius 2 is 2.04 bits per heavy atom. The molecule has 1 aromatic carbocycles. The van der Waals surface area contributed by atoms with Gasteiger partial charge in [0.15, 0.2) is 5.88 Å². The third kappa shape index (κ3) is 3.05. The van der Waals surface area contributed by atoms with Crippen LogP contribution >= 0.6 is 15.9 Å². The Morgan fingerprint density at radius 1 is 1.21 bits per heavy atom.